The van der Waals surface area contributed by atoms with Gasteiger partial charge in [0.1, 0.15) is 0 Å². The van der Waals surface area contributed by atoms with E-state index in [1.54, 1.807) is 0 Å². The van der Waals surface area contributed by atoms with Crippen molar-refractivity contribution in [2.24, 2.45) is 10.7 Å². The zero-order valence-electron chi connectivity index (χ0n) is 6.13. The van der Waals surface area contributed by atoms with Crippen molar-refractivity contribution in [2.45, 2.75) is 24.2 Å². The maximum atomic E-state index is 5.67. The second kappa shape index (κ2) is 2.38. The Morgan fingerprint density at radius 2 is 2.40 bits per heavy atom. The smallest absolute Gasteiger partial charge is 0.0858 e. The Hall–Kier alpha value is -0.310. The first-order valence-electron chi connectivity index (χ1n) is 3.23. The van der Waals surface area contributed by atoms with Crippen molar-refractivity contribution in [1.29, 1.82) is 0 Å². The molecular weight excluding hydrogens is 192 g/mol. The number of nitrogens with two attached hydrogens (primary N) is 1. The maximum Gasteiger partial charge on any atom is 0.0858 e. The van der Waals surface area contributed by atoms with Gasteiger partial charge in [0.15, 0.2) is 0 Å². The van der Waals surface area contributed by atoms with Crippen LogP contribution < -0.4 is 5.73 Å². The first-order valence-corrected chi connectivity index (χ1v) is 4.02. The van der Waals surface area contributed by atoms with E-state index in [0.29, 0.717) is 0 Å². The van der Waals surface area contributed by atoms with Crippen molar-refractivity contribution in [3.63, 3.8) is 0 Å². The topological polar surface area (TPSA) is 38.4 Å². The summed E-state index contributed by atoms with van der Waals surface area (Å²) in [6.45, 7) is 3.99. The van der Waals surface area contributed by atoms with Crippen LogP contribution in [-0.2, 0) is 0 Å². The molecule has 2 unspecified atom stereocenters. The highest BCUT2D eigenvalue weighted by Gasteiger charge is 2.20. The third-order valence-electron chi connectivity index (χ3n) is 1.48. The molecule has 2 nitrogen and oxygen atoms in total. The van der Waals surface area contributed by atoms with E-state index in [0.717, 1.165) is 5.70 Å². The molecule has 0 aliphatic carbocycles. The van der Waals surface area contributed by atoms with Gasteiger partial charge < -0.3 is 5.73 Å². The molecular formula is C7H11BrN2. The Kier molecular flexibility index (Phi) is 1.86. The average Bonchev–Trinajstić information content (AvgIpc) is 1.79. The third-order valence-corrected chi connectivity index (χ3v) is 1.92. The first kappa shape index (κ1) is 7.79. The Morgan fingerprint density at radius 1 is 1.80 bits per heavy atom. The van der Waals surface area contributed by atoms with E-state index in [-0.39, 0.29) is 10.4 Å². The lowest BCUT2D eigenvalue weighted by molar-refractivity contribution is 0.810. The van der Waals surface area contributed by atoms with Gasteiger partial charge in [-0.2, -0.15) is 0 Å². The molecule has 0 aromatic heterocycles. The van der Waals surface area contributed by atoms with E-state index >= 15 is 0 Å². The highest BCUT2D eigenvalue weighted by molar-refractivity contribution is 9.10. The quantitative estimate of drug-likeness (QED) is 0.594. The molecule has 0 aromatic carbocycles. The summed E-state index contributed by atoms with van der Waals surface area (Å²) >= 11 is 3.45. The minimum Gasteiger partial charge on any atom is -0.400 e. The van der Waals surface area contributed by atoms with Gasteiger partial charge in [-0.3, -0.25) is 4.99 Å². The molecule has 3 heteroatoms. The minimum atomic E-state index is -0.135. The van der Waals surface area contributed by atoms with Gasteiger partial charge in [-0.05, 0) is 19.9 Å². The number of halogens is 1. The number of hydrogen-bond acceptors (Lipinski definition) is 2. The Labute approximate surface area is 69.3 Å². The van der Waals surface area contributed by atoms with Crippen molar-refractivity contribution in [3.05, 3.63) is 11.8 Å². The Bertz CT molecular complexity index is 194. The van der Waals surface area contributed by atoms with E-state index < -0.39 is 0 Å². The molecule has 1 heterocycles. The van der Waals surface area contributed by atoms with Crippen LogP contribution in [0.25, 0.3) is 0 Å². The van der Waals surface area contributed by atoms with E-state index in [1.807, 2.05) is 26.1 Å². The van der Waals surface area contributed by atoms with Crippen molar-refractivity contribution in [3.8, 4) is 0 Å². The number of hydrogen-bond donors (Lipinski definition) is 1. The van der Waals surface area contributed by atoms with E-state index in [1.165, 1.54) is 0 Å². The molecule has 0 saturated heterocycles. The lowest BCUT2D eigenvalue weighted by atomic mass is 10.1. The number of nitrogens with zero attached hydrogens (tertiary/aromatic N) is 1. The Morgan fingerprint density at radius 3 is 2.80 bits per heavy atom. The molecule has 1 rings (SSSR count). The van der Waals surface area contributed by atoms with Crippen molar-refractivity contribution in [2.75, 3.05) is 0 Å². The predicted octanol–water partition coefficient (Wildman–Crippen LogP) is 1.46. The number of alkyl halides is 1. The fourth-order valence-corrected chi connectivity index (χ4v) is 1.21. The Balaban J connectivity index is 2.85. The molecule has 0 fully saturated rings. The van der Waals surface area contributed by atoms with Crippen molar-refractivity contribution >= 4 is 22.1 Å². The van der Waals surface area contributed by atoms with E-state index in [9.17, 15) is 0 Å². The molecule has 10 heavy (non-hydrogen) atoms. The minimum absolute atomic E-state index is 0.135. The lowest BCUT2D eigenvalue weighted by Gasteiger charge is -2.20. The van der Waals surface area contributed by atoms with Crippen LogP contribution in [0.3, 0.4) is 0 Å². The molecule has 1 aliphatic heterocycles. The SMILES string of the molecule is CC1N=CC(C)(Br)C=C1N. The second-order valence-corrected chi connectivity index (χ2v) is 4.46. The average molecular weight is 203 g/mol. The molecule has 0 saturated carbocycles. The van der Waals surface area contributed by atoms with Gasteiger partial charge in [0, 0.05) is 11.9 Å². The highest BCUT2D eigenvalue weighted by Crippen LogP contribution is 2.22. The zero-order chi connectivity index (χ0) is 7.78. The summed E-state index contributed by atoms with van der Waals surface area (Å²) < 4.78 is -0.135. The molecule has 0 amide bonds. The summed E-state index contributed by atoms with van der Waals surface area (Å²) in [6, 6.07) is 0.144. The monoisotopic (exact) mass is 202 g/mol. The molecule has 0 bridgehead atoms. The normalized spacial score (nSPS) is 39.5. The molecule has 56 valence electrons. The molecule has 0 aromatic rings. The molecule has 0 radical (unpaired) electrons. The summed E-state index contributed by atoms with van der Waals surface area (Å²) in [6.07, 6.45) is 3.85. The third kappa shape index (κ3) is 1.59. The van der Waals surface area contributed by atoms with E-state index in [2.05, 4.69) is 20.9 Å². The van der Waals surface area contributed by atoms with Crippen LogP contribution in [0.2, 0.25) is 0 Å². The zero-order valence-corrected chi connectivity index (χ0v) is 7.72. The van der Waals surface area contributed by atoms with Crippen LogP contribution in [0, 0.1) is 0 Å². The number of aliphatic imine (C=N–C) groups is 1. The van der Waals surface area contributed by atoms with Crippen LogP contribution in [0.5, 0.6) is 0 Å². The van der Waals surface area contributed by atoms with Crippen LogP contribution in [0.1, 0.15) is 13.8 Å². The summed E-state index contributed by atoms with van der Waals surface area (Å²) in [5.74, 6) is 0. The summed E-state index contributed by atoms with van der Waals surface area (Å²) in [7, 11) is 0. The summed E-state index contributed by atoms with van der Waals surface area (Å²) in [4.78, 5) is 4.20. The fraction of sp³-hybridized carbons (Fsp3) is 0.571. The molecule has 2 atom stereocenters. The number of allylic oxidation sites excluding steroid dienone is 1. The van der Waals surface area contributed by atoms with E-state index in [4.69, 9.17) is 5.73 Å². The summed E-state index contributed by atoms with van der Waals surface area (Å²) in [5, 5.41) is 0. The number of rotatable bonds is 0. The predicted molar refractivity (Wildman–Crippen MR) is 47.6 cm³/mol. The van der Waals surface area contributed by atoms with Gasteiger partial charge in [-0.15, -0.1) is 0 Å². The van der Waals surface area contributed by atoms with Gasteiger partial charge in [0.25, 0.3) is 0 Å². The molecule has 2 N–H and O–H groups in total. The highest BCUT2D eigenvalue weighted by atomic mass is 79.9. The maximum absolute atomic E-state index is 5.67. The van der Waals surface area contributed by atoms with Crippen molar-refractivity contribution < 1.29 is 0 Å². The van der Waals surface area contributed by atoms with Crippen LogP contribution in [0.15, 0.2) is 16.8 Å². The van der Waals surface area contributed by atoms with Gasteiger partial charge in [0.2, 0.25) is 0 Å². The van der Waals surface area contributed by atoms with Gasteiger partial charge in [-0.1, -0.05) is 15.9 Å². The fourth-order valence-electron chi connectivity index (χ4n) is 0.827. The molecule has 1 aliphatic rings. The van der Waals surface area contributed by atoms with Crippen LogP contribution in [0.4, 0.5) is 0 Å². The second-order valence-electron chi connectivity index (χ2n) is 2.75. The first-order chi connectivity index (χ1) is 4.51. The standard InChI is InChI=1S/C7H11BrN2/c1-5-6(9)3-7(2,8)4-10-5/h3-5H,9H2,1-2H3. The largest absolute Gasteiger partial charge is 0.400 e. The number of dihydropyridines is 1. The van der Waals surface area contributed by atoms with Crippen LogP contribution in [-0.4, -0.2) is 16.6 Å². The van der Waals surface area contributed by atoms with Gasteiger partial charge in [-0.25, -0.2) is 0 Å². The van der Waals surface area contributed by atoms with Gasteiger partial charge in [0.05, 0.1) is 10.4 Å². The van der Waals surface area contributed by atoms with Gasteiger partial charge >= 0.3 is 0 Å². The summed E-state index contributed by atoms with van der Waals surface area (Å²) in [5.41, 5.74) is 6.51. The van der Waals surface area contributed by atoms with Crippen LogP contribution >= 0.6 is 15.9 Å². The molecule has 0 spiro atoms. The lowest BCUT2D eigenvalue weighted by Crippen LogP contribution is -2.26. The van der Waals surface area contributed by atoms with Crippen molar-refractivity contribution in [1.82, 2.24) is 0 Å².